The first-order chi connectivity index (χ1) is 6.33. The number of halogens is 1. The highest BCUT2D eigenvalue weighted by Crippen LogP contribution is 2.09. The quantitative estimate of drug-likeness (QED) is 0.620. The lowest BCUT2D eigenvalue weighted by atomic mass is 10.3. The zero-order valence-electron chi connectivity index (χ0n) is 7.55. The lowest BCUT2D eigenvalue weighted by Crippen LogP contribution is -2.15. The second-order valence-electron chi connectivity index (χ2n) is 2.88. The second-order valence-corrected chi connectivity index (χ2v) is 3.94. The summed E-state index contributed by atoms with van der Waals surface area (Å²) in [6, 6.07) is 3.97. The van der Waals surface area contributed by atoms with E-state index in [0.29, 0.717) is 0 Å². The maximum atomic E-state index is 5.39. The van der Waals surface area contributed by atoms with Crippen LogP contribution in [0, 0.1) is 3.77 Å². The van der Waals surface area contributed by atoms with Gasteiger partial charge in [-0.2, -0.15) is 0 Å². The first-order valence-electron chi connectivity index (χ1n) is 4.48. The highest BCUT2D eigenvalue weighted by molar-refractivity contribution is 14.1. The van der Waals surface area contributed by atoms with Gasteiger partial charge in [-0.3, -0.25) is 0 Å². The van der Waals surface area contributed by atoms with Gasteiger partial charge in [-0.15, -0.1) is 0 Å². The highest BCUT2D eigenvalue weighted by atomic mass is 127. The van der Waals surface area contributed by atoms with Crippen molar-refractivity contribution in [3.05, 3.63) is 21.7 Å². The van der Waals surface area contributed by atoms with Crippen LogP contribution in [0.25, 0.3) is 0 Å². The topological polar surface area (TPSA) is 51.2 Å². The summed E-state index contributed by atoms with van der Waals surface area (Å²) in [5.74, 6) is 0.997. The molecule has 13 heavy (non-hydrogen) atoms. The Kier molecular flexibility index (Phi) is 5.41. The Hall–Kier alpha value is -0.0700. The van der Waals surface area contributed by atoms with Crippen LogP contribution in [0.3, 0.4) is 0 Å². The average Bonchev–Trinajstić information content (AvgIpc) is 2.51. The fraction of sp³-hybridized carbons (Fsp3) is 0.556. The molecule has 4 heteroatoms. The minimum atomic E-state index is 0.778. The van der Waals surface area contributed by atoms with Crippen LogP contribution in [0.1, 0.15) is 18.6 Å². The SMILES string of the molecule is NCCCCNCc1ccc(I)o1. The molecule has 0 aliphatic rings. The van der Waals surface area contributed by atoms with Crippen molar-refractivity contribution in [3.63, 3.8) is 0 Å². The van der Waals surface area contributed by atoms with Crippen LogP contribution in [0.2, 0.25) is 0 Å². The Labute approximate surface area is 92.2 Å². The first-order valence-corrected chi connectivity index (χ1v) is 5.56. The number of rotatable bonds is 6. The van der Waals surface area contributed by atoms with Gasteiger partial charge in [0.1, 0.15) is 5.76 Å². The average molecular weight is 294 g/mol. The Balaban J connectivity index is 2.06. The maximum Gasteiger partial charge on any atom is 0.164 e. The molecule has 0 bridgehead atoms. The largest absolute Gasteiger partial charge is 0.454 e. The molecule has 0 atom stereocenters. The van der Waals surface area contributed by atoms with Gasteiger partial charge in [-0.05, 0) is 60.7 Å². The van der Waals surface area contributed by atoms with Crippen molar-refractivity contribution in [2.24, 2.45) is 5.73 Å². The third-order valence-electron chi connectivity index (χ3n) is 1.74. The molecule has 1 aromatic rings. The molecule has 0 saturated carbocycles. The summed E-state index contributed by atoms with van der Waals surface area (Å²) in [7, 11) is 0. The van der Waals surface area contributed by atoms with Gasteiger partial charge in [0.05, 0.1) is 6.54 Å². The van der Waals surface area contributed by atoms with Crippen molar-refractivity contribution >= 4 is 22.6 Å². The molecule has 0 unspecified atom stereocenters. The normalized spacial score (nSPS) is 10.6. The molecular formula is C9H15IN2O. The molecule has 0 fully saturated rings. The van der Waals surface area contributed by atoms with Gasteiger partial charge < -0.3 is 15.5 Å². The highest BCUT2D eigenvalue weighted by Gasteiger charge is 1.97. The molecule has 0 aliphatic carbocycles. The van der Waals surface area contributed by atoms with E-state index in [-0.39, 0.29) is 0 Å². The van der Waals surface area contributed by atoms with E-state index in [1.165, 1.54) is 0 Å². The van der Waals surface area contributed by atoms with E-state index in [9.17, 15) is 0 Å². The number of nitrogens with one attached hydrogen (secondary N) is 1. The summed E-state index contributed by atoms with van der Waals surface area (Å²) in [5.41, 5.74) is 5.38. The lowest BCUT2D eigenvalue weighted by molar-refractivity contribution is 0.461. The third kappa shape index (κ3) is 4.64. The number of nitrogens with two attached hydrogens (primary N) is 1. The summed E-state index contributed by atoms with van der Waals surface area (Å²) >= 11 is 2.16. The Morgan fingerprint density at radius 2 is 2.23 bits per heavy atom. The monoisotopic (exact) mass is 294 g/mol. The Morgan fingerprint density at radius 3 is 2.85 bits per heavy atom. The summed E-state index contributed by atoms with van der Waals surface area (Å²) in [6.07, 6.45) is 2.22. The molecule has 3 N–H and O–H groups in total. The van der Waals surface area contributed by atoms with Crippen LogP contribution in [0.4, 0.5) is 0 Å². The lowest BCUT2D eigenvalue weighted by Gasteiger charge is -2.00. The van der Waals surface area contributed by atoms with E-state index in [1.807, 2.05) is 12.1 Å². The number of hydrogen-bond acceptors (Lipinski definition) is 3. The van der Waals surface area contributed by atoms with Gasteiger partial charge in [-0.1, -0.05) is 0 Å². The maximum absolute atomic E-state index is 5.39. The van der Waals surface area contributed by atoms with Gasteiger partial charge in [-0.25, -0.2) is 0 Å². The van der Waals surface area contributed by atoms with Gasteiger partial charge in [0.15, 0.2) is 3.77 Å². The molecule has 0 aliphatic heterocycles. The van der Waals surface area contributed by atoms with Crippen molar-refractivity contribution in [1.82, 2.24) is 5.32 Å². The fourth-order valence-electron chi connectivity index (χ4n) is 1.05. The predicted molar refractivity (Wildman–Crippen MR) is 61.4 cm³/mol. The Bertz CT molecular complexity index is 237. The number of furan rings is 1. The molecular weight excluding hydrogens is 279 g/mol. The molecule has 1 rings (SSSR count). The van der Waals surface area contributed by atoms with E-state index >= 15 is 0 Å². The van der Waals surface area contributed by atoms with Crippen LogP contribution in [0.15, 0.2) is 16.5 Å². The van der Waals surface area contributed by atoms with E-state index in [0.717, 1.165) is 42.0 Å². The molecule has 0 aromatic carbocycles. The molecule has 0 saturated heterocycles. The van der Waals surface area contributed by atoms with Crippen molar-refractivity contribution in [2.45, 2.75) is 19.4 Å². The van der Waals surface area contributed by atoms with E-state index in [2.05, 4.69) is 27.9 Å². The van der Waals surface area contributed by atoms with Crippen molar-refractivity contribution < 1.29 is 4.42 Å². The minimum absolute atomic E-state index is 0.778. The first kappa shape index (κ1) is 11.0. The summed E-state index contributed by atoms with van der Waals surface area (Å²) in [5, 5.41) is 3.30. The fourth-order valence-corrected chi connectivity index (χ4v) is 1.52. The Morgan fingerprint density at radius 1 is 1.38 bits per heavy atom. The van der Waals surface area contributed by atoms with Crippen LogP contribution in [0.5, 0.6) is 0 Å². The number of hydrogen-bond donors (Lipinski definition) is 2. The van der Waals surface area contributed by atoms with Crippen molar-refractivity contribution in [1.29, 1.82) is 0 Å². The van der Waals surface area contributed by atoms with Crippen LogP contribution in [-0.2, 0) is 6.54 Å². The molecule has 1 aromatic heterocycles. The van der Waals surface area contributed by atoms with Crippen molar-refractivity contribution in [2.75, 3.05) is 13.1 Å². The summed E-state index contributed by atoms with van der Waals surface area (Å²) in [4.78, 5) is 0. The summed E-state index contributed by atoms with van der Waals surface area (Å²) in [6.45, 7) is 2.60. The van der Waals surface area contributed by atoms with E-state index < -0.39 is 0 Å². The zero-order chi connectivity index (χ0) is 9.52. The molecule has 0 amide bonds. The van der Waals surface area contributed by atoms with Crippen LogP contribution >= 0.6 is 22.6 Å². The molecule has 0 spiro atoms. The van der Waals surface area contributed by atoms with Crippen LogP contribution < -0.4 is 11.1 Å². The van der Waals surface area contributed by atoms with E-state index in [1.54, 1.807) is 0 Å². The van der Waals surface area contributed by atoms with Gasteiger partial charge in [0, 0.05) is 0 Å². The third-order valence-corrected chi connectivity index (χ3v) is 2.32. The van der Waals surface area contributed by atoms with Gasteiger partial charge >= 0.3 is 0 Å². The smallest absolute Gasteiger partial charge is 0.164 e. The standard InChI is InChI=1S/C9H15IN2O/c10-9-4-3-8(13-9)7-12-6-2-1-5-11/h3-4,12H,1-2,5-7,11H2. The predicted octanol–water partition coefficient (Wildman–Crippen LogP) is 1.71. The molecule has 1 heterocycles. The second kappa shape index (κ2) is 6.39. The summed E-state index contributed by atoms with van der Waals surface area (Å²) < 4.78 is 6.33. The van der Waals surface area contributed by atoms with E-state index in [4.69, 9.17) is 10.2 Å². The van der Waals surface area contributed by atoms with Gasteiger partial charge in [0.25, 0.3) is 0 Å². The molecule has 74 valence electrons. The number of unbranched alkanes of at least 4 members (excludes halogenated alkanes) is 1. The minimum Gasteiger partial charge on any atom is -0.454 e. The van der Waals surface area contributed by atoms with Crippen LogP contribution in [-0.4, -0.2) is 13.1 Å². The van der Waals surface area contributed by atoms with Crippen molar-refractivity contribution in [3.8, 4) is 0 Å². The van der Waals surface area contributed by atoms with Gasteiger partial charge in [0.2, 0.25) is 0 Å². The molecule has 3 nitrogen and oxygen atoms in total. The zero-order valence-corrected chi connectivity index (χ0v) is 9.71. The molecule has 0 radical (unpaired) electrons.